The van der Waals surface area contributed by atoms with E-state index in [-0.39, 0.29) is 12.1 Å². The van der Waals surface area contributed by atoms with Crippen LogP contribution in [0.1, 0.15) is 40.5 Å². The van der Waals surface area contributed by atoms with Gasteiger partial charge in [0, 0.05) is 5.54 Å². The van der Waals surface area contributed by atoms with E-state index in [1.807, 2.05) is 0 Å². The van der Waals surface area contributed by atoms with Gasteiger partial charge in [0.05, 0.1) is 6.61 Å². The second-order valence-corrected chi connectivity index (χ2v) is 3.58. The number of nitrogens with zero attached hydrogens (tertiary/aromatic N) is 1. The summed E-state index contributed by atoms with van der Waals surface area (Å²) in [7, 11) is 0. The van der Waals surface area contributed by atoms with Crippen LogP contribution in [0.15, 0.2) is 0 Å². The summed E-state index contributed by atoms with van der Waals surface area (Å²) in [5.41, 5.74) is -0.00174. The van der Waals surface area contributed by atoms with Crippen LogP contribution in [0.2, 0.25) is 0 Å². The smallest absolute Gasteiger partial charge is 0.0612 e. The van der Waals surface area contributed by atoms with Crippen molar-refractivity contribution in [2.45, 2.75) is 46.1 Å². The molecule has 0 saturated heterocycles. The van der Waals surface area contributed by atoms with Crippen LogP contribution >= 0.6 is 0 Å². The Morgan fingerprint density at radius 1 is 1.17 bits per heavy atom. The first-order chi connectivity index (χ1) is 5.64. The van der Waals surface area contributed by atoms with Gasteiger partial charge in [0.1, 0.15) is 0 Å². The van der Waals surface area contributed by atoms with Gasteiger partial charge < -0.3 is 5.11 Å². The van der Waals surface area contributed by atoms with E-state index < -0.39 is 0 Å². The van der Waals surface area contributed by atoms with Crippen molar-refractivity contribution in [3.63, 3.8) is 0 Å². The fourth-order valence-electron chi connectivity index (χ4n) is 1.86. The van der Waals surface area contributed by atoms with Crippen LogP contribution in [0, 0.1) is 0 Å². The highest BCUT2D eigenvalue weighted by molar-refractivity contribution is 4.83. The standard InChI is InChI=1S/C10H23NO/c1-5-8-10(4,9-12)11(6-2)7-3/h12H,5-9H2,1-4H3. The molecule has 2 heteroatoms. The Bertz CT molecular complexity index is 112. The lowest BCUT2D eigenvalue weighted by atomic mass is 9.95. The molecule has 0 aromatic rings. The molecular weight excluding hydrogens is 150 g/mol. The van der Waals surface area contributed by atoms with Crippen molar-refractivity contribution in [1.29, 1.82) is 0 Å². The minimum absolute atomic E-state index is 0.00174. The van der Waals surface area contributed by atoms with Crippen molar-refractivity contribution < 1.29 is 5.11 Å². The molecule has 0 spiro atoms. The summed E-state index contributed by atoms with van der Waals surface area (Å²) < 4.78 is 0. The van der Waals surface area contributed by atoms with Gasteiger partial charge in [0.15, 0.2) is 0 Å². The van der Waals surface area contributed by atoms with Crippen molar-refractivity contribution in [1.82, 2.24) is 4.90 Å². The van der Waals surface area contributed by atoms with E-state index in [9.17, 15) is 5.11 Å². The highest BCUT2D eigenvalue weighted by atomic mass is 16.3. The summed E-state index contributed by atoms with van der Waals surface area (Å²) in [5.74, 6) is 0. The first-order valence-electron chi connectivity index (χ1n) is 5.00. The number of hydrogen-bond donors (Lipinski definition) is 1. The second-order valence-electron chi connectivity index (χ2n) is 3.58. The molecule has 0 aliphatic carbocycles. The monoisotopic (exact) mass is 173 g/mol. The van der Waals surface area contributed by atoms with Crippen LogP contribution < -0.4 is 0 Å². The molecule has 0 amide bonds. The van der Waals surface area contributed by atoms with Crippen molar-refractivity contribution in [3.8, 4) is 0 Å². The van der Waals surface area contributed by atoms with Crippen LogP contribution in [0.4, 0.5) is 0 Å². The molecule has 12 heavy (non-hydrogen) atoms. The third-order valence-corrected chi connectivity index (χ3v) is 2.66. The Morgan fingerprint density at radius 3 is 1.92 bits per heavy atom. The molecule has 1 atom stereocenters. The zero-order valence-electron chi connectivity index (χ0n) is 8.93. The molecule has 74 valence electrons. The first-order valence-corrected chi connectivity index (χ1v) is 5.00. The Kier molecular flexibility index (Phi) is 5.51. The SMILES string of the molecule is CCCC(C)(CO)N(CC)CC. The van der Waals surface area contributed by atoms with E-state index in [0.717, 1.165) is 25.9 Å². The van der Waals surface area contributed by atoms with Crippen LogP contribution in [0.25, 0.3) is 0 Å². The third kappa shape index (κ3) is 2.76. The minimum atomic E-state index is -0.00174. The molecule has 0 fully saturated rings. The molecule has 0 radical (unpaired) electrons. The summed E-state index contributed by atoms with van der Waals surface area (Å²) in [4.78, 5) is 2.33. The van der Waals surface area contributed by atoms with Crippen LogP contribution in [-0.4, -0.2) is 35.2 Å². The highest BCUT2D eigenvalue weighted by Crippen LogP contribution is 2.19. The summed E-state index contributed by atoms with van der Waals surface area (Å²) in [5, 5.41) is 9.31. The van der Waals surface area contributed by atoms with Gasteiger partial charge in [-0.1, -0.05) is 27.2 Å². The molecule has 0 aromatic heterocycles. The normalized spacial score (nSPS) is 16.5. The van der Waals surface area contributed by atoms with E-state index in [1.54, 1.807) is 0 Å². The van der Waals surface area contributed by atoms with Crippen molar-refractivity contribution in [2.24, 2.45) is 0 Å². The van der Waals surface area contributed by atoms with E-state index >= 15 is 0 Å². The van der Waals surface area contributed by atoms with E-state index in [4.69, 9.17) is 0 Å². The largest absolute Gasteiger partial charge is 0.394 e. The summed E-state index contributed by atoms with van der Waals surface area (Å²) in [6.07, 6.45) is 2.21. The van der Waals surface area contributed by atoms with Gasteiger partial charge in [-0.3, -0.25) is 4.90 Å². The lowest BCUT2D eigenvalue weighted by Crippen LogP contribution is -2.48. The van der Waals surface area contributed by atoms with Gasteiger partial charge >= 0.3 is 0 Å². The average Bonchev–Trinajstić information content (AvgIpc) is 2.07. The van der Waals surface area contributed by atoms with Gasteiger partial charge in [-0.15, -0.1) is 0 Å². The topological polar surface area (TPSA) is 23.5 Å². The number of aliphatic hydroxyl groups is 1. The zero-order valence-corrected chi connectivity index (χ0v) is 8.93. The van der Waals surface area contributed by atoms with E-state index in [0.29, 0.717) is 0 Å². The predicted molar refractivity (Wildman–Crippen MR) is 53.3 cm³/mol. The van der Waals surface area contributed by atoms with Gasteiger partial charge in [-0.05, 0) is 26.4 Å². The fraction of sp³-hybridized carbons (Fsp3) is 1.00. The first kappa shape index (κ1) is 11.9. The minimum Gasteiger partial charge on any atom is -0.394 e. The molecule has 0 aliphatic heterocycles. The fourth-order valence-corrected chi connectivity index (χ4v) is 1.86. The molecule has 0 aromatic carbocycles. The lowest BCUT2D eigenvalue weighted by molar-refractivity contribution is 0.0434. The molecule has 0 heterocycles. The molecule has 0 bridgehead atoms. The highest BCUT2D eigenvalue weighted by Gasteiger charge is 2.27. The molecule has 1 unspecified atom stereocenters. The van der Waals surface area contributed by atoms with Crippen LogP contribution in [-0.2, 0) is 0 Å². The maximum absolute atomic E-state index is 9.31. The quantitative estimate of drug-likeness (QED) is 0.663. The molecule has 1 N–H and O–H groups in total. The van der Waals surface area contributed by atoms with Crippen LogP contribution in [0.3, 0.4) is 0 Å². The molecule has 0 saturated carbocycles. The number of likely N-dealkylation sites (N-methyl/N-ethyl adjacent to an activating group) is 1. The summed E-state index contributed by atoms with van der Waals surface area (Å²) in [6.45, 7) is 10.9. The van der Waals surface area contributed by atoms with Crippen LogP contribution in [0.5, 0.6) is 0 Å². The lowest BCUT2D eigenvalue weighted by Gasteiger charge is -2.38. The van der Waals surface area contributed by atoms with Crippen molar-refractivity contribution >= 4 is 0 Å². The van der Waals surface area contributed by atoms with Gasteiger partial charge in [0.2, 0.25) is 0 Å². The van der Waals surface area contributed by atoms with Crippen molar-refractivity contribution in [2.75, 3.05) is 19.7 Å². The molecule has 0 aliphatic rings. The summed E-state index contributed by atoms with van der Waals surface area (Å²) in [6, 6.07) is 0. The Labute approximate surface area is 76.6 Å². The zero-order chi connectivity index (χ0) is 9.61. The Balaban J connectivity index is 4.24. The molecular formula is C10H23NO. The number of rotatable bonds is 6. The average molecular weight is 173 g/mol. The third-order valence-electron chi connectivity index (χ3n) is 2.66. The maximum Gasteiger partial charge on any atom is 0.0612 e. The summed E-state index contributed by atoms with van der Waals surface area (Å²) >= 11 is 0. The predicted octanol–water partition coefficient (Wildman–Crippen LogP) is 1.88. The van der Waals surface area contributed by atoms with E-state index in [2.05, 4.69) is 32.6 Å². The van der Waals surface area contributed by atoms with E-state index in [1.165, 1.54) is 0 Å². The van der Waals surface area contributed by atoms with Crippen molar-refractivity contribution in [3.05, 3.63) is 0 Å². The van der Waals surface area contributed by atoms with Gasteiger partial charge in [-0.2, -0.15) is 0 Å². The number of aliphatic hydroxyl groups excluding tert-OH is 1. The maximum atomic E-state index is 9.31. The Morgan fingerprint density at radius 2 is 1.67 bits per heavy atom. The van der Waals surface area contributed by atoms with Gasteiger partial charge in [-0.25, -0.2) is 0 Å². The second kappa shape index (κ2) is 5.55. The Hall–Kier alpha value is -0.0800. The number of hydrogen-bond acceptors (Lipinski definition) is 2. The molecule has 0 rings (SSSR count). The van der Waals surface area contributed by atoms with Gasteiger partial charge in [0.25, 0.3) is 0 Å². The molecule has 2 nitrogen and oxygen atoms in total.